The number of ether oxygens (including phenoxy) is 1. The van der Waals surface area contributed by atoms with E-state index < -0.39 is 0 Å². The number of halogens is 1. The lowest BCUT2D eigenvalue weighted by Gasteiger charge is -2.10. The summed E-state index contributed by atoms with van der Waals surface area (Å²) in [6, 6.07) is 16.7. The van der Waals surface area contributed by atoms with Crippen molar-refractivity contribution < 1.29 is 9.53 Å². The molecule has 0 radical (unpaired) electrons. The Kier molecular flexibility index (Phi) is 6.37. The fourth-order valence-corrected chi connectivity index (χ4v) is 3.06. The van der Waals surface area contributed by atoms with Gasteiger partial charge in [0, 0.05) is 12.1 Å². The molecular formula is C22H24ClN3O2. The van der Waals surface area contributed by atoms with Crippen molar-refractivity contribution in [3.05, 3.63) is 65.3 Å². The molecule has 1 heterocycles. The highest BCUT2D eigenvalue weighted by Crippen LogP contribution is 2.28. The van der Waals surface area contributed by atoms with Crippen molar-refractivity contribution in [1.29, 1.82) is 0 Å². The van der Waals surface area contributed by atoms with Gasteiger partial charge in [0.1, 0.15) is 11.4 Å². The van der Waals surface area contributed by atoms with Crippen LogP contribution in [-0.2, 0) is 0 Å². The molecule has 146 valence electrons. The number of carbonyl (C=O) groups is 1. The summed E-state index contributed by atoms with van der Waals surface area (Å²) >= 11 is 6.34. The van der Waals surface area contributed by atoms with Crippen LogP contribution < -0.4 is 10.1 Å². The van der Waals surface area contributed by atoms with E-state index >= 15 is 0 Å². The van der Waals surface area contributed by atoms with Gasteiger partial charge in [0.05, 0.1) is 23.5 Å². The first-order valence-corrected chi connectivity index (χ1v) is 9.65. The van der Waals surface area contributed by atoms with E-state index in [2.05, 4.69) is 24.3 Å². The first-order valence-electron chi connectivity index (χ1n) is 9.27. The van der Waals surface area contributed by atoms with Gasteiger partial charge in [0.25, 0.3) is 5.91 Å². The molecule has 5 nitrogen and oxygen atoms in total. The average Bonchev–Trinajstić information content (AvgIpc) is 3.13. The summed E-state index contributed by atoms with van der Waals surface area (Å²) in [6.45, 7) is 4.87. The molecule has 1 N–H and O–H groups in total. The number of nitrogens with zero attached hydrogens (tertiary/aromatic N) is 2. The van der Waals surface area contributed by atoms with Crippen LogP contribution in [-0.4, -0.2) is 29.3 Å². The van der Waals surface area contributed by atoms with E-state index in [9.17, 15) is 4.79 Å². The normalized spacial score (nSPS) is 10.9. The third-order valence-electron chi connectivity index (χ3n) is 4.42. The Morgan fingerprint density at radius 2 is 1.89 bits per heavy atom. The van der Waals surface area contributed by atoms with Crippen molar-refractivity contribution >= 4 is 17.5 Å². The second-order valence-electron chi connectivity index (χ2n) is 6.94. The lowest BCUT2D eigenvalue weighted by Crippen LogP contribution is -2.27. The number of carbonyl (C=O) groups excluding carboxylic acids is 1. The predicted octanol–water partition coefficient (Wildman–Crippen LogP) is 4.98. The van der Waals surface area contributed by atoms with Crippen LogP contribution in [0.3, 0.4) is 0 Å². The number of methoxy groups -OCH3 is 1. The van der Waals surface area contributed by atoms with E-state index in [1.165, 1.54) is 0 Å². The molecule has 0 spiro atoms. The number of benzene rings is 2. The third kappa shape index (κ3) is 4.54. The Labute approximate surface area is 170 Å². The lowest BCUT2D eigenvalue weighted by molar-refractivity contribution is 0.0944. The van der Waals surface area contributed by atoms with Crippen LogP contribution in [0.1, 0.15) is 30.8 Å². The van der Waals surface area contributed by atoms with Crippen LogP contribution in [0.5, 0.6) is 5.75 Å². The van der Waals surface area contributed by atoms with E-state index in [0.717, 1.165) is 23.4 Å². The first kappa shape index (κ1) is 20.0. The van der Waals surface area contributed by atoms with Crippen LogP contribution in [0.15, 0.2) is 54.6 Å². The summed E-state index contributed by atoms with van der Waals surface area (Å²) in [4.78, 5) is 12.8. The van der Waals surface area contributed by atoms with Crippen molar-refractivity contribution in [3.8, 4) is 22.7 Å². The van der Waals surface area contributed by atoms with E-state index in [1.807, 2.05) is 48.5 Å². The molecule has 6 heteroatoms. The van der Waals surface area contributed by atoms with Crippen molar-refractivity contribution in [2.24, 2.45) is 5.92 Å². The number of nitrogens with one attached hydrogen (secondary N) is 1. The summed E-state index contributed by atoms with van der Waals surface area (Å²) in [5.41, 5.74) is 2.67. The van der Waals surface area contributed by atoms with E-state index in [-0.39, 0.29) is 5.91 Å². The van der Waals surface area contributed by atoms with Gasteiger partial charge in [-0.2, -0.15) is 5.10 Å². The van der Waals surface area contributed by atoms with Crippen LogP contribution in [0.4, 0.5) is 0 Å². The van der Waals surface area contributed by atoms with Gasteiger partial charge in [-0.25, -0.2) is 4.68 Å². The molecule has 3 rings (SSSR count). The van der Waals surface area contributed by atoms with E-state index in [1.54, 1.807) is 17.9 Å². The van der Waals surface area contributed by atoms with E-state index in [4.69, 9.17) is 16.3 Å². The Morgan fingerprint density at radius 3 is 2.54 bits per heavy atom. The van der Waals surface area contributed by atoms with Gasteiger partial charge in [-0.05, 0) is 48.7 Å². The number of aromatic nitrogens is 2. The van der Waals surface area contributed by atoms with Crippen LogP contribution in [0.2, 0.25) is 5.02 Å². The van der Waals surface area contributed by atoms with Crippen molar-refractivity contribution in [1.82, 2.24) is 15.1 Å². The number of hydrogen-bond acceptors (Lipinski definition) is 3. The summed E-state index contributed by atoms with van der Waals surface area (Å²) in [6.07, 6.45) is 0.916. The molecule has 0 unspecified atom stereocenters. The molecule has 2 aromatic carbocycles. The summed E-state index contributed by atoms with van der Waals surface area (Å²) < 4.78 is 6.86. The molecule has 1 amide bonds. The maximum absolute atomic E-state index is 12.8. The quantitative estimate of drug-likeness (QED) is 0.611. The van der Waals surface area contributed by atoms with Crippen LogP contribution in [0.25, 0.3) is 16.9 Å². The molecule has 28 heavy (non-hydrogen) atoms. The van der Waals surface area contributed by atoms with Gasteiger partial charge >= 0.3 is 0 Å². The highest BCUT2D eigenvalue weighted by molar-refractivity contribution is 6.33. The second kappa shape index (κ2) is 8.93. The molecule has 0 atom stereocenters. The van der Waals surface area contributed by atoms with Crippen LogP contribution >= 0.6 is 11.6 Å². The van der Waals surface area contributed by atoms with Gasteiger partial charge in [-0.3, -0.25) is 4.79 Å². The van der Waals surface area contributed by atoms with Gasteiger partial charge in [0.15, 0.2) is 0 Å². The molecule has 0 saturated carbocycles. The zero-order valence-electron chi connectivity index (χ0n) is 16.3. The Balaban J connectivity index is 2.00. The molecule has 0 aliphatic carbocycles. The zero-order chi connectivity index (χ0) is 20.1. The fraction of sp³-hybridized carbons (Fsp3) is 0.273. The topological polar surface area (TPSA) is 56.2 Å². The van der Waals surface area contributed by atoms with Gasteiger partial charge in [0.2, 0.25) is 0 Å². The molecule has 1 aromatic heterocycles. The van der Waals surface area contributed by atoms with Gasteiger partial charge < -0.3 is 10.1 Å². The standard InChI is InChI=1S/C22H24ClN3O2/c1-15(2)12-13-24-22(27)21-14-20(18-6-4-5-7-19(18)23)25-26(21)16-8-10-17(28-3)11-9-16/h4-11,14-15H,12-13H2,1-3H3,(H,24,27). The second-order valence-corrected chi connectivity index (χ2v) is 7.35. The predicted molar refractivity (Wildman–Crippen MR) is 112 cm³/mol. The minimum atomic E-state index is -0.165. The maximum Gasteiger partial charge on any atom is 0.270 e. The molecule has 0 saturated heterocycles. The molecular weight excluding hydrogens is 374 g/mol. The Morgan fingerprint density at radius 1 is 1.18 bits per heavy atom. The number of hydrogen-bond donors (Lipinski definition) is 1. The molecule has 0 aliphatic heterocycles. The summed E-state index contributed by atoms with van der Waals surface area (Å²) in [7, 11) is 1.62. The monoisotopic (exact) mass is 397 g/mol. The first-order chi connectivity index (χ1) is 13.5. The SMILES string of the molecule is COc1ccc(-n2nc(-c3ccccc3Cl)cc2C(=O)NCCC(C)C)cc1. The summed E-state index contributed by atoms with van der Waals surface area (Å²) in [5, 5.41) is 8.24. The summed E-state index contributed by atoms with van der Waals surface area (Å²) in [5.74, 6) is 1.10. The van der Waals surface area contributed by atoms with Gasteiger partial charge in [-0.15, -0.1) is 0 Å². The minimum absolute atomic E-state index is 0.165. The molecule has 0 bridgehead atoms. The third-order valence-corrected chi connectivity index (χ3v) is 4.75. The lowest BCUT2D eigenvalue weighted by atomic mass is 10.1. The largest absolute Gasteiger partial charge is 0.497 e. The number of rotatable bonds is 7. The highest BCUT2D eigenvalue weighted by atomic mass is 35.5. The zero-order valence-corrected chi connectivity index (χ0v) is 17.0. The molecule has 0 fully saturated rings. The smallest absolute Gasteiger partial charge is 0.270 e. The molecule has 0 aliphatic rings. The van der Waals surface area contributed by atoms with Crippen LogP contribution in [0, 0.1) is 5.92 Å². The fourth-order valence-electron chi connectivity index (χ4n) is 2.83. The molecule has 3 aromatic rings. The Hall–Kier alpha value is -2.79. The van der Waals surface area contributed by atoms with Crippen molar-refractivity contribution in [2.75, 3.05) is 13.7 Å². The average molecular weight is 398 g/mol. The van der Waals surface area contributed by atoms with E-state index in [0.29, 0.717) is 28.9 Å². The number of amides is 1. The highest BCUT2D eigenvalue weighted by Gasteiger charge is 2.18. The Bertz CT molecular complexity index is 949. The van der Waals surface area contributed by atoms with Crippen molar-refractivity contribution in [3.63, 3.8) is 0 Å². The van der Waals surface area contributed by atoms with Crippen molar-refractivity contribution in [2.45, 2.75) is 20.3 Å². The van der Waals surface area contributed by atoms with Gasteiger partial charge in [-0.1, -0.05) is 43.6 Å². The maximum atomic E-state index is 12.8. The minimum Gasteiger partial charge on any atom is -0.497 e.